The van der Waals surface area contributed by atoms with Crippen molar-refractivity contribution < 1.29 is 4.79 Å². The van der Waals surface area contributed by atoms with Crippen LogP contribution in [0.2, 0.25) is 0 Å². The Kier molecular flexibility index (Phi) is 1.28. The van der Waals surface area contributed by atoms with E-state index in [0.717, 1.165) is 0 Å². The Morgan fingerprint density at radius 2 is 2.45 bits per heavy atom. The van der Waals surface area contributed by atoms with Crippen LogP contribution in [0.4, 0.5) is 0 Å². The molecule has 0 aromatic heterocycles. The number of amidine groups is 1. The average Bonchev–Trinajstić information content (AvgIpc) is 2.25. The van der Waals surface area contributed by atoms with Gasteiger partial charge in [-0.05, 0) is 0 Å². The van der Waals surface area contributed by atoms with Crippen molar-refractivity contribution in [3.63, 3.8) is 0 Å². The molecule has 2 aliphatic heterocycles. The Bertz CT molecular complexity index is 245. The molecule has 2 heterocycles. The van der Waals surface area contributed by atoms with E-state index >= 15 is 0 Å². The highest BCUT2D eigenvalue weighted by molar-refractivity contribution is 6.08. The lowest BCUT2D eigenvalue weighted by Crippen LogP contribution is -2.28. The predicted molar refractivity (Wildman–Crippen MR) is 39.3 cm³/mol. The van der Waals surface area contributed by atoms with Gasteiger partial charge in [-0.15, -0.1) is 0 Å². The number of hydrogen-bond donors (Lipinski definition) is 3. The third kappa shape index (κ3) is 0.938. The fourth-order valence-corrected chi connectivity index (χ4v) is 1.09. The predicted octanol–water partition coefficient (Wildman–Crippen LogP) is -1.29. The minimum Gasteiger partial charge on any atom is -0.388 e. The van der Waals surface area contributed by atoms with Gasteiger partial charge >= 0.3 is 0 Å². The molecule has 1 unspecified atom stereocenters. The van der Waals surface area contributed by atoms with Crippen molar-refractivity contribution in [3.8, 4) is 0 Å². The lowest BCUT2D eigenvalue weighted by atomic mass is 10.1. The number of hydrazine groups is 1. The molecule has 0 radical (unpaired) electrons. The number of rotatable bonds is 0. The Hall–Kier alpha value is -1.52. The number of amides is 1. The summed E-state index contributed by atoms with van der Waals surface area (Å²) in [5.74, 6) is 0.501. The summed E-state index contributed by atoms with van der Waals surface area (Å²) < 4.78 is 0. The minimum absolute atomic E-state index is 0.0278. The van der Waals surface area contributed by atoms with E-state index in [1.54, 1.807) is 12.4 Å². The number of nitrogens with one attached hydrogen (secondary N) is 3. The maximum Gasteiger partial charge on any atom is 0.250 e. The largest absolute Gasteiger partial charge is 0.388 e. The first kappa shape index (κ1) is 6.21. The number of carbonyl (C=O) groups is 1. The van der Waals surface area contributed by atoms with Gasteiger partial charge < -0.3 is 5.32 Å². The third-order valence-corrected chi connectivity index (χ3v) is 1.69. The molecule has 1 saturated heterocycles. The fourth-order valence-electron chi connectivity index (χ4n) is 1.09. The summed E-state index contributed by atoms with van der Waals surface area (Å²) in [4.78, 5) is 15.1. The first-order valence-electron chi connectivity index (χ1n) is 3.40. The second-order valence-electron chi connectivity index (χ2n) is 2.41. The smallest absolute Gasteiger partial charge is 0.250 e. The maximum absolute atomic E-state index is 11.0. The normalized spacial score (nSPS) is 27.5. The van der Waals surface area contributed by atoms with Gasteiger partial charge in [0.15, 0.2) is 0 Å². The molecular formula is C6H8N4O. The topological polar surface area (TPSA) is 65.5 Å². The summed E-state index contributed by atoms with van der Waals surface area (Å²) >= 11 is 0. The number of aliphatic imine (C=N–C) groups is 1. The third-order valence-electron chi connectivity index (χ3n) is 1.69. The molecule has 0 aromatic carbocycles. The van der Waals surface area contributed by atoms with Gasteiger partial charge in [-0.2, -0.15) is 0 Å². The van der Waals surface area contributed by atoms with E-state index in [9.17, 15) is 4.79 Å². The van der Waals surface area contributed by atoms with Crippen molar-refractivity contribution in [2.45, 2.75) is 0 Å². The highest BCUT2D eigenvalue weighted by atomic mass is 16.2. The van der Waals surface area contributed by atoms with E-state index in [-0.39, 0.29) is 11.8 Å². The molecule has 2 aliphatic rings. The van der Waals surface area contributed by atoms with Gasteiger partial charge in [-0.1, -0.05) is 0 Å². The molecule has 1 atom stereocenters. The fraction of sp³-hybridized carbons (Fsp3) is 0.333. The van der Waals surface area contributed by atoms with Crippen LogP contribution in [0, 0.1) is 5.92 Å². The number of nitrogens with zero attached hydrogens (tertiary/aromatic N) is 1. The van der Waals surface area contributed by atoms with Crippen LogP contribution in [0.5, 0.6) is 0 Å². The van der Waals surface area contributed by atoms with Crippen molar-refractivity contribution in [1.29, 1.82) is 0 Å². The summed E-state index contributed by atoms with van der Waals surface area (Å²) in [5.41, 5.74) is 5.20. The molecule has 3 N–H and O–H groups in total. The van der Waals surface area contributed by atoms with Crippen LogP contribution in [0.3, 0.4) is 0 Å². The molecule has 11 heavy (non-hydrogen) atoms. The van der Waals surface area contributed by atoms with Crippen molar-refractivity contribution in [2.24, 2.45) is 10.9 Å². The molecule has 5 heteroatoms. The zero-order valence-electron chi connectivity index (χ0n) is 5.79. The van der Waals surface area contributed by atoms with Crippen molar-refractivity contribution >= 4 is 11.7 Å². The summed E-state index contributed by atoms with van der Waals surface area (Å²) in [6.07, 6.45) is 3.35. The molecular weight excluding hydrogens is 144 g/mol. The molecule has 2 rings (SSSR count). The van der Waals surface area contributed by atoms with E-state index in [0.29, 0.717) is 12.4 Å². The minimum atomic E-state index is -0.162. The lowest BCUT2D eigenvalue weighted by Gasteiger charge is -2.02. The van der Waals surface area contributed by atoms with Gasteiger partial charge in [0.1, 0.15) is 11.8 Å². The first-order valence-corrected chi connectivity index (χ1v) is 3.40. The highest BCUT2D eigenvalue weighted by Gasteiger charge is 2.30. The van der Waals surface area contributed by atoms with Gasteiger partial charge in [0, 0.05) is 18.9 Å². The zero-order chi connectivity index (χ0) is 7.68. The van der Waals surface area contributed by atoms with Crippen molar-refractivity contribution in [3.05, 3.63) is 12.4 Å². The van der Waals surface area contributed by atoms with Crippen LogP contribution in [-0.2, 0) is 4.79 Å². The molecule has 1 fully saturated rings. The number of carbonyl (C=O) groups excluding carboxylic acids is 1. The van der Waals surface area contributed by atoms with Crippen LogP contribution in [0.1, 0.15) is 0 Å². The highest BCUT2D eigenvalue weighted by Crippen LogP contribution is 2.04. The van der Waals surface area contributed by atoms with E-state index in [1.165, 1.54) is 0 Å². The van der Waals surface area contributed by atoms with Crippen molar-refractivity contribution in [2.75, 3.05) is 6.54 Å². The second-order valence-corrected chi connectivity index (χ2v) is 2.41. The van der Waals surface area contributed by atoms with Gasteiger partial charge in [-0.3, -0.25) is 15.6 Å². The standard InChI is InChI=1S/C6H8N4O/c11-6-4-3-7-1-2-8-5(4)9-10-6/h1-2,4,7H,3H2,(H,8,9)(H,10,11). The summed E-state index contributed by atoms with van der Waals surface area (Å²) in [6.45, 7) is 0.605. The quantitative estimate of drug-likeness (QED) is 0.404. The van der Waals surface area contributed by atoms with Crippen LogP contribution >= 0.6 is 0 Å². The van der Waals surface area contributed by atoms with Crippen LogP contribution in [-0.4, -0.2) is 18.3 Å². The molecule has 0 spiro atoms. The van der Waals surface area contributed by atoms with Gasteiger partial charge in [0.05, 0.1) is 0 Å². The van der Waals surface area contributed by atoms with Gasteiger partial charge in [0.25, 0.3) is 5.91 Å². The summed E-state index contributed by atoms with van der Waals surface area (Å²) in [6, 6.07) is 0. The molecule has 0 bridgehead atoms. The summed E-state index contributed by atoms with van der Waals surface area (Å²) in [7, 11) is 0. The Balaban J connectivity index is 2.26. The Morgan fingerprint density at radius 3 is 3.36 bits per heavy atom. The van der Waals surface area contributed by atoms with E-state index in [2.05, 4.69) is 21.2 Å². The molecule has 1 amide bonds. The van der Waals surface area contributed by atoms with Crippen LogP contribution < -0.4 is 16.2 Å². The van der Waals surface area contributed by atoms with E-state index < -0.39 is 0 Å². The lowest BCUT2D eigenvalue weighted by molar-refractivity contribution is -0.121. The summed E-state index contributed by atoms with van der Waals surface area (Å²) in [5, 5.41) is 2.95. The molecule has 0 saturated carbocycles. The first-order chi connectivity index (χ1) is 5.38. The monoisotopic (exact) mass is 152 g/mol. The number of hydrogen-bond acceptors (Lipinski definition) is 4. The number of fused-ring (bicyclic) bond motifs is 1. The zero-order valence-corrected chi connectivity index (χ0v) is 5.79. The van der Waals surface area contributed by atoms with E-state index in [4.69, 9.17) is 0 Å². The molecule has 0 aliphatic carbocycles. The Morgan fingerprint density at radius 1 is 1.55 bits per heavy atom. The second kappa shape index (κ2) is 2.26. The maximum atomic E-state index is 11.0. The average molecular weight is 152 g/mol. The van der Waals surface area contributed by atoms with Crippen LogP contribution in [0.15, 0.2) is 17.4 Å². The van der Waals surface area contributed by atoms with Gasteiger partial charge in [-0.25, -0.2) is 4.99 Å². The molecule has 58 valence electrons. The van der Waals surface area contributed by atoms with Gasteiger partial charge in [0.2, 0.25) is 0 Å². The van der Waals surface area contributed by atoms with Crippen molar-refractivity contribution in [1.82, 2.24) is 16.2 Å². The SMILES string of the molecule is O=C1NNC2=NC=CNCC12. The molecule has 5 nitrogen and oxygen atoms in total. The molecule has 0 aromatic rings. The van der Waals surface area contributed by atoms with E-state index in [1.807, 2.05) is 0 Å². The van der Waals surface area contributed by atoms with Crippen LogP contribution in [0.25, 0.3) is 0 Å². The Labute approximate surface area is 63.5 Å².